The fourth-order valence-electron chi connectivity index (χ4n) is 3.98. The highest BCUT2D eigenvalue weighted by atomic mass is 32.2. The molecule has 170 valence electrons. The van der Waals surface area contributed by atoms with Crippen molar-refractivity contribution in [2.45, 2.75) is 45.8 Å². The van der Waals surface area contributed by atoms with Crippen LogP contribution in [0.15, 0.2) is 35.3 Å². The fraction of sp³-hybridized carbons (Fsp3) is 0.609. The van der Waals surface area contributed by atoms with Gasteiger partial charge in [0.15, 0.2) is 11.8 Å². The second-order valence-electron chi connectivity index (χ2n) is 8.41. The molecule has 1 aromatic heterocycles. The van der Waals surface area contributed by atoms with Crippen LogP contribution in [0.4, 0.5) is 0 Å². The van der Waals surface area contributed by atoms with E-state index < -0.39 is 0 Å². The molecule has 31 heavy (non-hydrogen) atoms. The fourth-order valence-corrected chi connectivity index (χ4v) is 4.41. The zero-order valence-electron chi connectivity index (χ0n) is 19.3. The van der Waals surface area contributed by atoms with Crippen molar-refractivity contribution in [1.82, 2.24) is 30.3 Å². The Morgan fingerprint density at radius 2 is 2.03 bits per heavy atom. The second-order valence-corrected chi connectivity index (χ2v) is 9.39. The molecule has 0 aliphatic carbocycles. The Bertz CT molecular complexity index is 821. The number of aliphatic imine (C=N–C) groups is 1. The van der Waals surface area contributed by atoms with Crippen molar-refractivity contribution in [2.75, 3.05) is 31.6 Å². The molecule has 2 atom stereocenters. The molecule has 8 heteroatoms. The SMILES string of the molecule is CSCCCNC(=NCc1nnc(C)n1C)NCC1CC(C)N(Cc2ccccc2)C1. The highest BCUT2D eigenvalue weighted by molar-refractivity contribution is 7.98. The van der Waals surface area contributed by atoms with Crippen molar-refractivity contribution in [2.24, 2.45) is 18.0 Å². The average Bonchev–Trinajstić information content (AvgIpc) is 3.29. The average molecular weight is 444 g/mol. The molecule has 2 aromatic rings. The summed E-state index contributed by atoms with van der Waals surface area (Å²) in [5.74, 6) is 4.43. The molecule has 0 saturated carbocycles. The number of rotatable bonds is 10. The zero-order chi connectivity index (χ0) is 22.1. The van der Waals surface area contributed by atoms with Crippen molar-refractivity contribution >= 4 is 17.7 Å². The molecular weight excluding hydrogens is 406 g/mol. The smallest absolute Gasteiger partial charge is 0.191 e. The Kier molecular flexibility index (Phi) is 9.21. The molecule has 0 radical (unpaired) electrons. The Morgan fingerprint density at radius 3 is 2.74 bits per heavy atom. The van der Waals surface area contributed by atoms with E-state index in [4.69, 9.17) is 4.99 Å². The van der Waals surface area contributed by atoms with E-state index in [2.05, 4.69) is 69.2 Å². The standard InChI is InChI=1S/C23H37N7S/c1-18-13-21(17-30(18)16-20-9-6-5-7-10-20)14-25-23(24-11-8-12-31-4)26-15-22-28-27-19(2)29(22)3/h5-7,9-10,18,21H,8,11-17H2,1-4H3,(H2,24,25,26). The van der Waals surface area contributed by atoms with E-state index in [0.717, 1.165) is 56.0 Å². The molecule has 1 fully saturated rings. The maximum absolute atomic E-state index is 4.78. The van der Waals surface area contributed by atoms with Crippen molar-refractivity contribution in [3.63, 3.8) is 0 Å². The summed E-state index contributed by atoms with van der Waals surface area (Å²) in [5.41, 5.74) is 1.39. The monoisotopic (exact) mass is 443 g/mol. The molecule has 2 unspecified atom stereocenters. The summed E-state index contributed by atoms with van der Waals surface area (Å²) in [4.78, 5) is 7.37. The van der Waals surface area contributed by atoms with Gasteiger partial charge < -0.3 is 15.2 Å². The minimum absolute atomic E-state index is 0.524. The van der Waals surface area contributed by atoms with Gasteiger partial charge in [0.1, 0.15) is 12.4 Å². The van der Waals surface area contributed by atoms with E-state index in [9.17, 15) is 0 Å². The predicted octanol–water partition coefficient (Wildman–Crippen LogP) is 2.82. The number of guanidine groups is 1. The quantitative estimate of drug-likeness (QED) is 0.334. The Labute approximate surface area is 191 Å². The van der Waals surface area contributed by atoms with Crippen LogP contribution in [0, 0.1) is 12.8 Å². The summed E-state index contributed by atoms with van der Waals surface area (Å²) >= 11 is 1.88. The lowest BCUT2D eigenvalue weighted by molar-refractivity contribution is 0.255. The molecule has 0 amide bonds. The lowest BCUT2D eigenvalue weighted by Gasteiger charge is -2.21. The number of nitrogens with zero attached hydrogens (tertiary/aromatic N) is 5. The van der Waals surface area contributed by atoms with Crippen LogP contribution < -0.4 is 10.6 Å². The van der Waals surface area contributed by atoms with Crippen molar-refractivity contribution in [3.8, 4) is 0 Å². The number of hydrogen-bond acceptors (Lipinski definition) is 5. The summed E-state index contributed by atoms with van der Waals surface area (Å²) < 4.78 is 1.99. The molecule has 1 aliphatic heterocycles. The Balaban J connectivity index is 1.53. The molecular formula is C23H37N7S. The molecule has 3 rings (SSSR count). The summed E-state index contributed by atoms with van der Waals surface area (Å²) in [7, 11) is 1.99. The van der Waals surface area contributed by atoms with E-state index >= 15 is 0 Å². The van der Waals surface area contributed by atoms with Crippen LogP contribution in [0.3, 0.4) is 0 Å². The molecule has 1 saturated heterocycles. The van der Waals surface area contributed by atoms with Gasteiger partial charge in [-0.25, -0.2) is 4.99 Å². The third-order valence-electron chi connectivity index (χ3n) is 5.96. The topological polar surface area (TPSA) is 70.4 Å². The third-order valence-corrected chi connectivity index (χ3v) is 6.65. The lowest BCUT2D eigenvalue weighted by Crippen LogP contribution is -2.41. The first-order valence-corrected chi connectivity index (χ1v) is 12.6. The van der Waals surface area contributed by atoms with Crippen LogP contribution in [-0.4, -0.2) is 63.3 Å². The van der Waals surface area contributed by atoms with Gasteiger partial charge in [-0.1, -0.05) is 30.3 Å². The van der Waals surface area contributed by atoms with Gasteiger partial charge in [-0.2, -0.15) is 11.8 Å². The number of hydrogen-bond donors (Lipinski definition) is 2. The number of benzene rings is 1. The van der Waals surface area contributed by atoms with E-state index in [0.29, 0.717) is 18.5 Å². The number of thioether (sulfide) groups is 1. The normalized spacial score (nSPS) is 19.7. The highest BCUT2D eigenvalue weighted by Crippen LogP contribution is 2.24. The van der Waals surface area contributed by atoms with Crippen LogP contribution in [0.25, 0.3) is 0 Å². The first-order valence-electron chi connectivity index (χ1n) is 11.2. The summed E-state index contributed by atoms with van der Waals surface area (Å²) in [6.45, 7) is 8.82. The molecule has 7 nitrogen and oxygen atoms in total. The largest absolute Gasteiger partial charge is 0.356 e. The van der Waals surface area contributed by atoms with Crippen LogP contribution in [0.2, 0.25) is 0 Å². The van der Waals surface area contributed by atoms with Crippen LogP contribution in [0.1, 0.15) is 37.0 Å². The molecule has 0 spiro atoms. The lowest BCUT2D eigenvalue weighted by atomic mass is 10.1. The van der Waals surface area contributed by atoms with Crippen LogP contribution >= 0.6 is 11.8 Å². The van der Waals surface area contributed by atoms with Gasteiger partial charge in [0.25, 0.3) is 0 Å². The summed E-state index contributed by atoms with van der Waals surface area (Å²) in [6.07, 6.45) is 4.48. The van der Waals surface area contributed by atoms with Gasteiger partial charge in [0.05, 0.1) is 0 Å². The molecule has 1 aromatic carbocycles. The molecule has 2 heterocycles. The minimum atomic E-state index is 0.524. The Morgan fingerprint density at radius 1 is 1.23 bits per heavy atom. The predicted molar refractivity (Wildman–Crippen MR) is 130 cm³/mol. The van der Waals surface area contributed by atoms with E-state index in [-0.39, 0.29) is 0 Å². The van der Waals surface area contributed by atoms with E-state index in [1.807, 2.05) is 30.3 Å². The first kappa shape index (κ1) is 23.6. The number of likely N-dealkylation sites (tertiary alicyclic amines) is 1. The van der Waals surface area contributed by atoms with Crippen LogP contribution in [-0.2, 0) is 20.1 Å². The van der Waals surface area contributed by atoms with Gasteiger partial charge >= 0.3 is 0 Å². The summed E-state index contributed by atoms with van der Waals surface area (Å²) in [5, 5.41) is 15.4. The zero-order valence-corrected chi connectivity index (χ0v) is 20.2. The van der Waals surface area contributed by atoms with Gasteiger partial charge in [-0.15, -0.1) is 10.2 Å². The Hall–Kier alpha value is -2.06. The van der Waals surface area contributed by atoms with Crippen LogP contribution in [0.5, 0.6) is 0 Å². The van der Waals surface area contributed by atoms with Gasteiger partial charge in [-0.3, -0.25) is 4.90 Å². The molecule has 2 N–H and O–H groups in total. The molecule has 1 aliphatic rings. The van der Waals surface area contributed by atoms with E-state index in [1.165, 1.54) is 12.0 Å². The third kappa shape index (κ3) is 7.25. The van der Waals surface area contributed by atoms with E-state index in [1.54, 1.807) is 0 Å². The second kappa shape index (κ2) is 12.1. The summed E-state index contributed by atoms with van der Waals surface area (Å²) in [6, 6.07) is 11.4. The van der Waals surface area contributed by atoms with Gasteiger partial charge in [0, 0.05) is 39.3 Å². The maximum atomic E-state index is 4.78. The number of aryl methyl sites for hydroxylation is 1. The highest BCUT2D eigenvalue weighted by Gasteiger charge is 2.28. The van der Waals surface area contributed by atoms with Gasteiger partial charge in [0.2, 0.25) is 0 Å². The van der Waals surface area contributed by atoms with Crippen molar-refractivity contribution < 1.29 is 0 Å². The van der Waals surface area contributed by atoms with Crippen molar-refractivity contribution in [1.29, 1.82) is 0 Å². The van der Waals surface area contributed by atoms with Crippen molar-refractivity contribution in [3.05, 3.63) is 47.5 Å². The maximum Gasteiger partial charge on any atom is 0.191 e. The number of nitrogens with one attached hydrogen (secondary N) is 2. The first-order chi connectivity index (χ1) is 15.1. The molecule has 0 bridgehead atoms. The van der Waals surface area contributed by atoms with Gasteiger partial charge in [-0.05, 0) is 50.2 Å². The minimum Gasteiger partial charge on any atom is -0.356 e. The number of aromatic nitrogens is 3.